The molecule has 0 bridgehead atoms. The van der Waals surface area contributed by atoms with Crippen molar-refractivity contribution >= 4 is 28.8 Å². The van der Waals surface area contributed by atoms with Crippen LogP contribution in [-0.4, -0.2) is 36.4 Å². The maximum atomic E-state index is 12.9. The van der Waals surface area contributed by atoms with E-state index in [0.29, 0.717) is 18.8 Å². The van der Waals surface area contributed by atoms with Gasteiger partial charge in [0, 0.05) is 24.1 Å². The lowest BCUT2D eigenvalue weighted by atomic mass is 10.1. The van der Waals surface area contributed by atoms with Crippen LogP contribution in [0.3, 0.4) is 0 Å². The van der Waals surface area contributed by atoms with Crippen molar-refractivity contribution in [1.82, 2.24) is 24.7 Å². The van der Waals surface area contributed by atoms with E-state index in [1.807, 2.05) is 32.0 Å². The van der Waals surface area contributed by atoms with E-state index in [2.05, 4.69) is 30.7 Å². The predicted molar refractivity (Wildman–Crippen MR) is 124 cm³/mol. The number of aryl methyl sites for hydroxylation is 2. The number of anilines is 3. The van der Waals surface area contributed by atoms with Crippen LogP contribution in [0.1, 0.15) is 22.0 Å². The number of rotatable bonds is 8. The van der Waals surface area contributed by atoms with Crippen molar-refractivity contribution < 1.29 is 18.3 Å². The summed E-state index contributed by atoms with van der Waals surface area (Å²) >= 11 is 1.50. The molecule has 34 heavy (non-hydrogen) atoms. The van der Waals surface area contributed by atoms with Gasteiger partial charge in [-0.25, -0.2) is 19.6 Å². The molecule has 8 nitrogen and oxygen atoms in total. The molecule has 0 aliphatic rings. The first-order chi connectivity index (χ1) is 16.2. The first kappa shape index (κ1) is 23.6. The summed E-state index contributed by atoms with van der Waals surface area (Å²) in [5.41, 5.74) is 2.21. The highest BCUT2D eigenvalue weighted by Gasteiger charge is 2.32. The van der Waals surface area contributed by atoms with E-state index in [-0.39, 0.29) is 12.6 Å². The van der Waals surface area contributed by atoms with Crippen molar-refractivity contribution in [2.75, 3.05) is 17.2 Å². The molecule has 0 fully saturated rings. The van der Waals surface area contributed by atoms with Gasteiger partial charge in [0.05, 0.1) is 30.3 Å². The lowest BCUT2D eigenvalue weighted by Crippen LogP contribution is -2.10. The fraction of sp³-hybridized carbons (Fsp3) is 0.273. The molecule has 0 amide bonds. The Morgan fingerprint density at radius 1 is 1.12 bits per heavy atom. The second kappa shape index (κ2) is 9.77. The SMILES string of the molecule is Cc1cc(Nc2nccc(C(F)(F)F)n2)cc(-c2cnc(CNc3cc(C)nn3CCO)s2)c1. The molecule has 0 aliphatic heterocycles. The van der Waals surface area contributed by atoms with E-state index in [4.69, 9.17) is 0 Å². The van der Waals surface area contributed by atoms with Crippen molar-refractivity contribution in [2.24, 2.45) is 0 Å². The van der Waals surface area contributed by atoms with Crippen molar-refractivity contribution in [3.05, 3.63) is 64.7 Å². The van der Waals surface area contributed by atoms with Gasteiger partial charge in [0.1, 0.15) is 16.5 Å². The molecule has 0 unspecified atom stereocenters. The number of nitrogens with zero attached hydrogens (tertiary/aromatic N) is 5. The van der Waals surface area contributed by atoms with Gasteiger partial charge in [0.15, 0.2) is 0 Å². The fourth-order valence-corrected chi connectivity index (χ4v) is 4.19. The standard InChI is InChI=1S/C22H22F3N7OS/c1-13-7-15(10-16(8-13)29-21-26-4-3-18(30-21)22(23,24)25)17-11-28-20(34-17)12-27-19-9-14(2)31-32(19)5-6-33/h3-4,7-11,27,33H,5-6,12H2,1-2H3,(H,26,29,30). The highest BCUT2D eigenvalue weighted by molar-refractivity contribution is 7.15. The third kappa shape index (κ3) is 5.69. The Morgan fingerprint density at radius 2 is 1.94 bits per heavy atom. The largest absolute Gasteiger partial charge is 0.433 e. The third-order valence-electron chi connectivity index (χ3n) is 4.75. The normalized spacial score (nSPS) is 11.6. The minimum absolute atomic E-state index is 0.00747. The minimum Gasteiger partial charge on any atom is -0.394 e. The summed E-state index contributed by atoms with van der Waals surface area (Å²) in [5.74, 6) is 0.668. The van der Waals surface area contributed by atoms with Crippen LogP contribution >= 0.6 is 11.3 Å². The van der Waals surface area contributed by atoms with E-state index in [1.54, 1.807) is 16.9 Å². The Kier molecular flexibility index (Phi) is 6.80. The number of halogens is 3. The molecule has 1 aromatic carbocycles. The summed E-state index contributed by atoms with van der Waals surface area (Å²) in [5, 5.41) is 20.5. The van der Waals surface area contributed by atoms with E-state index < -0.39 is 11.9 Å². The summed E-state index contributed by atoms with van der Waals surface area (Å²) in [7, 11) is 0. The van der Waals surface area contributed by atoms with Gasteiger partial charge < -0.3 is 15.7 Å². The molecule has 178 valence electrons. The van der Waals surface area contributed by atoms with Crippen LogP contribution in [0.5, 0.6) is 0 Å². The predicted octanol–water partition coefficient (Wildman–Crippen LogP) is 4.78. The molecule has 0 aliphatic carbocycles. The van der Waals surface area contributed by atoms with Gasteiger partial charge >= 0.3 is 6.18 Å². The number of hydrogen-bond donors (Lipinski definition) is 3. The first-order valence-corrected chi connectivity index (χ1v) is 11.2. The van der Waals surface area contributed by atoms with Gasteiger partial charge in [0.25, 0.3) is 0 Å². The Labute approximate surface area is 197 Å². The number of benzene rings is 1. The highest BCUT2D eigenvalue weighted by Crippen LogP contribution is 2.31. The monoisotopic (exact) mass is 489 g/mol. The first-order valence-electron chi connectivity index (χ1n) is 10.3. The zero-order valence-electron chi connectivity index (χ0n) is 18.4. The number of alkyl halides is 3. The Bertz CT molecular complexity index is 1290. The Balaban J connectivity index is 1.50. The lowest BCUT2D eigenvalue weighted by Gasteiger charge is -2.10. The topological polar surface area (TPSA) is 101 Å². The van der Waals surface area contributed by atoms with Crippen LogP contribution in [0.4, 0.5) is 30.6 Å². The van der Waals surface area contributed by atoms with E-state index >= 15 is 0 Å². The van der Waals surface area contributed by atoms with Crippen molar-refractivity contribution in [3.63, 3.8) is 0 Å². The molecule has 0 atom stereocenters. The van der Waals surface area contributed by atoms with Crippen LogP contribution in [0, 0.1) is 13.8 Å². The van der Waals surface area contributed by atoms with Gasteiger partial charge in [-0.2, -0.15) is 18.3 Å². The summed E-state index contributed by atoms with van der Waals surface area (Å²) in [6.07, 6.45) is -1.71. The van der Waals surface area contributed by atoms with Crippen LogP contribution in [0.15, 0.2) is 42.7 Å². The van der Waals surface area contributed by atoms with Crippen LogP contribution in [-0.2, 0) is 19.3 Å². The number of aliphatic hydroxyl groups is 1. The number of nitrogens with one attached hydrogen (secondary N) is 2. The molecule has 3 heterocycles. The van der Waals surface area contributed by atoms with E-state index in [9.17, 15) is 18.3 Å². The summed E-state index contributed by atoms with van der Waals surface area (Å²) in [4.78, 5) is 12.8. The number of aliphatic hydroxyl groups excluding tert-OH is 1. The van der Waals surface area contributed by atoms with E-state index in [1.165, 1.54) is 11.3 Å². The molecule has 0 saturated heterocycles. The molecule has 4 aromatic rings. The lowest BCUT2D eigenvalue weighted by molar-refractivity contribution is -0.141. The maximum absolute atomic E-state index is 12.9. The van der Waals surface area contributed by atoms with Crippen molar-refractivity contribution in [1.29, 1.82) is 0 Å². The summed E-state index contributed by atoms with van der Waals surface area (Å²) < 4.78 is 40.5. The molecule has 3 N–H and O–H groups in total. The number of thiazole rings is 1. The molecule has 0 radical (unpaired) electrons. The Morgan fingerprint density at radius 3 is 2.71 bits per heavy atom. The maximum Gasteiger partial charge on any atom is 0.433 e. The molecule has 12 heteroatoms. The van der Waals surface area contributed by atoms with Crippen LogP contribution in [0.25, 0.3) is 10.4 Å². The second-order valence-corrected chi connectivity index (χ2v) is 8.68. The number of hydrogen-bond acceptors (Lipinski definition) is 8. The van der Waals surface area contributed by atoms with Crippen LogP contribution in [0.2, 0.25) is 0 Å². The van der Waals surface area contributed by atoms with Gasteiger partial charge in [-0.05, 0) is 43.2 Å². The number of aromatic nitrogens is 5. The van der Waals surface area contributed by atoms with Crippen molar-refractivity contribution in [3.8, 4) is 10.4 Å². The molecular weight excluding hydrogens is 467 g/mol. The zero-order chi connectivity index (χ0) is 24.3. The molecule has 0 saturated carbocycles. The second-order valence-electron chi connectivity index (χ2n) is 7.57. The molecular formula is C22H22F3N7OS. The molecule has 3 aromatic heterocycles. The average molecular weight is 490 g/mol. The Hall–Kier alpha value is -3.51. The minimum atomic E-state index is -4.54. The average Bonchev–Trinajstić information content (AvgIpc) is 3.38. The van der Waals surface area contributed by atoms with Gasteiger partial charge in [-0.1, -0.05) is 6.07 Å². The van der Waals surface area contributed by atoms with Gasteiger partial charge in [-0.15, -0.1) is 11.3 Å². The fourth-order valence-electron chi connectivity index (χ4n) is 3.35. The summed E-state index contributed by atoms with van der Waals surface area (Å²) in [6, 6.07) is 8.33. The van der Waals surface area contributed by atoms with Crippen LogP contribution < -0.4 is 10.6 Å². The smallest absolute Gasteiger partial charge is 0.394 e. The third-order valence-corrected chi connectivity index (χ3v) is 5.80. The zero-order valence-corrected chi connectivity index (χ0v) is 19.2. The van der Waals surface area contributed by atoms with E-state index in [0.717, 1.165) is 44.8 Å². The van der Waals surface area contributed by atoms with Crippen molar-refractivity contribution in [2.45, 2.75) is 33.1 Å². The summed E-state index contributed by atoms with van der Waals surface area (Å²) in [6.45, 7) is 4.65. The molecule has 0 spiro atoms. The molecule has 4 rings (SSSR count). The highest BCUT2D eigenvalue weighted by atomic mass is 32.1. The quantitative estimate of drug-likeness (QED) is 0.327. The van der Waals surface area contributed by atoms with Gasteiger partial charge in [0.2, 0.25) is 5.95 Å². The van der Waals surface area contributed by atoms with Gasteiger partial charge in [-0.3, -0.25) is 0 Å².